The Kier molecular flexibility index (Phi) is 4.95. The molecule has 3 rings (SSSR count). The zero-order valence-electron chi connectivity index (χ0n) is 13.8. The zero-order chi connectivity index (χ0) is 17.9. The fraction of sp³-hybridized carbons (Fsp3) is 0.312. The molecule has 0 atom stereocenters. The molecule has 8 nitrogen and oxygen atoms in total. The summed E-state index contributed by atoms with van der Waals surface area (Å²) in [6.45, 7) is 3.05. The smallest absolute Gasteiger partial charge is 0.322 e. The lowest BCUT2D eigenvalue weighted by Crippen LogP contribution is -2.51. The summed E-state index contributed by atoms with van der Waals surface area (Å²) in [6, 6.07) is 6.46. The molecule has 1 N–H and O–H groups in total. The van der Waals surface area contributed by atoms with Crippen LogP contribution in [0, 0.1) is 6.92 Å². The van der Waals surface area contributed by atoms with Crippen LogP contribution in [0.4, 0.5) is 10.6 Å². The van der Waals surface area contributed by atoms with Gasteiger partial charge in [0, 0.05) is 38.6 Å². The van der Waals surface area contributed by atoms with Crippen LogP contribution in [0.5, 0.6) is 0 Å². The second-order valence-corrected chi connectivity index (χ2v) is 7.66. The summed E-state index contributed by atoms with van der Waals surface area (Å²) in [6.07, 6.45) is 4.46. The van der Waals surface area contributed by atoms with E-state index in [0.717, 1.165) is 5.56 Å². The second kappa shape index (κ2) is 7.16. The molecule has 1 aromatic carbocycles. The summed E-state index contributed by atoms with van der Waals surface area (Å²) < 4.78 is 26.7. The zero-order valence-corrected chi connectivity index (χ0v) is 14.6. The molecule has 1 aliphatic heterocycles. The minimum absolute atomic E-state index is 0.254. The van der Waals surface area contributed by atoms with E-state index in [4.69, 9.17) is 0 Å². The van der Waals surface area contributed by atoms with Crippen LogP contribution >= 0.6 is 0 Å². The minimum atomic E-state index is -3.53. The highest BCUT2D eigenvalue weighted by atomic mass is 32.2. The summed E-state index contributed by atoms with van der Waals surface area (Å²) in [5, 5.41) is 2.65. The molecule has 25 heavy (non-hydrogen) atoms. The van der Waals surface area contributed by atoms with E-state index < -0.39 is 10.0 Å². The largest absolute Gasteiger partial charge is 0.323 e. The van der Waals surface area contributed by atoms with Gasteiger partial charge in [0.25, 0.3) is 0 Å². The molecule has 2 aromatic rings. The quantitative estimate of drug-likeness (QED) is 0.890. The normalized spacial score (nSPS) is 15.8. The van der Waals surface area contributed by atoms with Gasteiger partial charge >= 0.3 is 6.03 Å². The SMILES string of the molecule is Cc1ccc(S(=O)(=O)N2CCN(C(=O)Nc3cnccn3)CC2)cc1. The molecular formula is C16H19N5O3S. The van der Waals surface area contributed by atoms with Gasteiger partial charge in [-0.05, 0) is 19.1 Å². The van der Waals surface area contributed by atoms with Crippen LogP contribution in [-0.4, -0.2) is 59.8 Å². The standard InChI is InChI=1S/C16H19N5O3S/c1-13-2-4-14(5-3-13)25(23,24)21-10-8-20(9-11-21)16(22)19-15-12-17-6-7-18-15/h2-7,12H,8-11H2,1H3,(H,18,19,22). The molecule has 0 saturated carbocycles. The number of urea groups is 1. The monoisotopic (exact) mass is 361 g/mol. The molecule has 1 fully saturated rings. The predicted octanol–water partition coefficient (Wildman–Crippen LogP) is 1.32. The topological polar surface area (TPSA) is 95.5 Å². The first-order chi connectivity index (χ1) is 12.0. The number of sulfonamides is 1. The van der Waals surface area contributed by atoms with Gasteiger partial charge in [-0.1, -0.05) is 17.7 Å². The molecule has 2 amide bonds. The lowest BCUT2D eigenvalue weighted by molar-refractivity contribution is 0.184. The minimum Gasteiger partial charge on any atom is -0.322 e. The van der Waals surface area contributed by atoms with Gasteiger partial charge in [0.2, 0.25) is 10.0 Å². The third-order valence-electron chi connectivity index (χ3n) is 3.98. The number of benzene rings is 1. The predicted molar refractivity (Wildman–Crippen MR) is 92.6 cm³/mol. The maximum Gasteiger partial charge on any atom is 0.323 e. The van der Waals surface area contributed by atoms with E-state index in [2.05, 4.69) is 15.3 Å². The van der Waals surface area contributed by atoms with Gasteiger partial charge in [-0.2, -0.15) is 4.31 Å². The van der Waals surface area contributed by atoms with Gasteiger partial charge < -0.3 is 4.90 Å². The average Bonchev–Trinajstić information content (AvgIpc) is 2.63. The Bertz CT molecular complexity index is 832. The fourth-order valence-electron chi connectivity index (χ4n) is 2.54. The number of anilines is 1. The molecule has 0 aliphatic carbocycles. The molecule has 0 spiro atoms. The van der Waals surface area contributed by atoms with Crippen molar-refractivity contribution in [1.82, 2.24) is 19.2 Å². The van der Waals surface area contributed by atoms with Crippen molar-refractivity contribution in [2.24, 2.45) is 0 Å². The molecule has 9 heteroatoms. The number of nitrogens with zero attached hydrogens (tertiary/aromatic N) is 4. The van der Waals surface area contributed by atoms with Crippen molar-refractivity contribution < 1.29 is 13.2 Å². The highest BCUT2D eigenvalue weighted by Crippen LogP contribution is 2.18. The highest BCUT2D eigenvalue weighted by Gasteiger charge is 2.30. The first-order valence-electron chi connectivity index (χ1n) is 7.85. The number of hydrogen-bond donors (Lipinski definition) is 1. The third-order valence-corrected chi connectivity index (χ3v) is 5.90. The van der Waals surface area contributed by atoms with Gasteiger partial charge in [0.1, 0.15) is 0 Å². The maximum atomic E-state index is 12.7. The molecule has 2 heterocycles. The molecule has 1 saturated heterocycles. The first-order valence-corrected chi connectivity index (χ1v) is 9.29. The summed E-state index contributed by atoms with van der Waals surface area (Å²) in [5.41, 5.74) is 1.00. The summed E-state index contributed by atoms with van der Waals surface area (Å²) in [4.78, 5) is 21.9. The summed E-state index contributed by atoms with van der Waals surface area (Å²) in [7, 11) is -3.53. The Morgan fingerprint density at radius 2 is 1.76 bits per heavy atom. The Balaban J connectivity index is 1.61. The van der Waals surface area contributed by atoms with E-state index in [1.165, 1.54) is 22.9 Å². The maximum absolute atomic E-state index is 12.7. The van der Waals surface area contributed by atoms with Gasteiger partial charge in [0.15, 0.2) is 5.82 Å². The molecule has 0 unspecified atom stereocenters. The molecule has 1 aromatic heterocycles. The van der Waals surface area contributed by atoms with Crippen LogP contribution in [0.25, 0.3) is 0 Å². The summed E-state index contributed by atoms with van der Waals surface area (Å²) >= 11 is 0. The number of aromatic nitrogens is 2. The lowest BCUT2D eigenvalue weighted by Gasteiger charge is -2.33. The van der Waals surface area contributed by atoms with E-state index in [1.807, 2.05) is 6.92 Å². The van der Waals surface area contributed by atoms with Crippen molar-refractivity contribution in [3.8, 4) is 0 Å². The van der Waals surface area contributed by atoms with Gasteiger partial charge in [-0.25, -0.2) is 18.2 Å². The van der Waals surface area contributed by atoms with Crippen LogP contribution in [0.1, 0.15) is 5.56 Å². The van der Waals surface area contributed by atoms with Crippen LogP contribution in [0.15, 0.2) is 47.8 Å². The van der Waals surface area contributed by atoms with Crippen molar-refractivity contribution in [2.45, 2.75) is 11.8 Å². The van der Waals surface area contributed by atoms with Crippen molar-refractivity contribution in [2.75, 3.05) is 31.5 Å². The molecule has 0 radical (unpaired) electrons. The van der Waals surface area contributed by atoms with Crippen molar-refractivity contribution in [3.05, 3.63) is 48.4 Å². The van der Waals surface area contributed by atoms with Gasteiger partial charge in [-0.15, -0.1) is 0 Å². The Labute approximate surface area is 146 Å². The van der Waals surface area contributed by atoms with E-state index in [1.54, 1.807) is 29.2 Å². The molecule has 132 valence electrons. The second-order valence-electron chi connectivity index (χ2n) is 5.72. The van der Waals surface area contributed by atoms with Gasteiger partial charge in [-0.3, -0.25) is 10.3 Å². The average molecular weight is 361 g/mol. The number of amides is 2. The van der Waals surface area contributed by atoms with Gasteiger partial charge in [0.05, 0.1) is 11.1 Å². The lowest BCUT2D eigenvalue weighted by atomic mass is 10.2. The van der Waals surface area contributed by atoms with Crippen LogP contribution < -0.4 is 5.32 Å². The fourth-order valence-corrected chi connectivity index (χ4v) is 3.97. The molecular weight excluding hydrogens is 342 g/mol. The van der Waals surface area contributed by atoms with Crippen molar-refractivity contribution in [3.63, 3.8) is 0 Å². The number of piperazine rings is 1. The van der Waals surface area contributed by atoms with E-state index >= 15 is 0 Å². The molecule has 0 bridgehead atoms. The number of carbonyl (C=O) groups excluding carboxylic acids is 1. The van der Waals surface area contributed by atoms with Crippen LogP contribution in [0.3, 0.4) is 0 Å². The van der Waals surface area contributed by atoms with Crippen molar-refractivity contribution in [1.29, 1.82) is 0 Å². The van der Waals surface area contributed by atoms with E-state index in [9.17, 15) is 13.2 Å². The number of aryl methyl sites for hydroxylation is 1. The molecule has 1 aliphatic rings. The number of rotatable bonds is 3. The Morgan fingerprint density at radius 3 is 2.36 bits per heavy atom. The number of carbonyl (C=O) groups is 1. The third kappa shape index (κ3) is 3.94. The van der Waals surface area contributed by atoms with Crippen LogP contribution in [0.2, 0.25) is 0 Å². The van der Waals surface area contributed by atoms with E-state index in [-0.39, 0.29) is 24.0 Å². The van der Waals surface area contributed by atoms with Crippen molar-refractivity contribution >= 4 is 21.9 Å². The Hall–Kier alpha value is -2.52. The van der Waals surface area contributed by atoms with Crippen LogP contribution in [-0.2, 0) is 10.0 Å². The number of nitrogens with one attached hydrogen (secondary N) is 1. The summed E-state index contributed by atoms with van der Waals surface area (Å²) in [5.74, 6) is 0.363. The Morgan fingerprint density at radius 1 is 1.08 bits per heavy atom. The van der Waals surface area contributed by atoms with E-state index in [0.29, 0.717) is 18.9 Å². The first kappa shape index (κ1) is 17.3. The highest BCUT2D eigenvalue weighted by molar-refractivity contribution is 7.89. The number of hydrogen-bond acceptors (Lipinski definition) is 5.